The van der Waals surface area contributed by atoms with Crippen molar-refractivity contribution in [3.8, 4) is 0 Å². The molecule has 0 saturated carbocycles. The van der Waals surface area contributed by atoms with E-state index >= 15 is 0 Å². The lowest BCUT2D eigenvalue weighted by Crippen LogP contribution is -2.66. The molecule has 7 nitrogen and oxygen atoms in total. The highest BCUT2D eigenvalue weighted by molar-refractivity contribution is 5.82. The van der Waals surface area contributed by atoms with Crippen LogP contribution in [0.1, 0.15) is 0 Å². The molecule has 1 rings (SSSR count). The van der Waals surface area contributed by atoms with Gasteiger partial charge in [0.1, 0.15) is 18.3 Å². The van der Waals surface area contributed by atoms with Gasteiger partial charge in [0.2, 0.25) is 0 Å². The molecule has 1 saturated heterocycles. The number of nitrogens with two attached hydrogens (primary N) is 1. The Balaban J connectivity index is 2.85. The van der Waals surface area contributed by atoms with E-state index in [9.17, 15) is 9.90 Å². The van der Waals surface area contributed by atoms with Crippen LogP contribution in [0.25, 0.3) is 0 Å². The number of hydrogen-bond acceptors (Lipinski definition) is 6. The van der Waals surface area contributed by atoms with Crippen molar-refractivity contribution in [3.63, 3.8) is 0 Å². The minimum absolute atomic E-state index is 0.475. The molecule has 76 valence electrons. The topological polar surface area (TPSA) is 133 Å². The van der Waals surface area contributed by atoms with Crippen molar-refractivity contribution in [2.75, 3.05) is 6.61 Å². The molecule has 7 heteroatoms. The quantitative estimate of drug-likeness (QED) is 0.291. The Morgan fingerprint density at radius 1 is 1.46 bits per heavy atom. The molecular formula is C6H11NO6. The number of rotatable bonds is 1. The predicted octanol–water partition coefficient (Wildman–Crippen LogP) is -3.73. The van der Waals surface area contributed by atoms with Crippen LogP contribution in [0.2, 0.25) is 0 Å². The van der Waals surface area contributed by atoms with Crippen molar-refractivity contribution in [2.24, 2.45) is 5.73 Å². The van der Waals surface area contributed by atoms with Crippen molar-refractivity contribution in [1.29, 1.82) is 0 Å². The van der Waals surface area contributed by atoms with Crippen LogP contribution in [0, 0.1) is 0 Å². The van der Waals surface area contributed by atoms with E-state index in [1.807, 2.05) is 0 Å². The first-order chi connectivity index (χ1) is 5.89. The summed E-state index contributed by atoms with van der Waals surface area (Å²) >= 11 is 0. The molecule has 1 fully saturated rings. The van der Waals surface area contributed by atoms with Crippen LogP contribution in [0.3, 0.4) is 0 Å². The number of hydrogen-bond donors (Lipinski definition) is 5. The van der Waals surface area contributed by atoms with Gasteiger partial charge in [-0.25, -0.2) is 0 Å². The molecule has 0 aromatic heterocycles. The average molecular weight is 193 g/mol. The summed E-state index contributed by atoms with van der Waals surface area (Å²) in [6.45, 7) is -0.475. The number of ether oxygens (including phenoxy) is 1. The van der Waals surface area contributed by atoms with Gasteiger partial charge in [-0.1, -0.05) is 0 Å². The minimum atomic E-state index is -2.63. The zero-order valence-corrected chi connectivity index (χ0v) is 6.62. The maximum Gasteiger partial charge on any atom is 0.280 e. The van der Waals surface area contributed by atoms with Gasteiger partial charge in [-0.05, 0) is 0 Å². The molecule has 0 spiro atoms. The maximum absolute atomic E-state index is 10.6. The van der Waals surface area contributed by atoms with Gasteiger partial charge in [0.05, 0.1) is 6.61 Å². The molecule has 4 atom stereocenters. The maximum atomic E-state index is 10.6. The van der Waals surface area contributed by atoms with Gasteiger partial charge in [-0.3, -0.25) is 4.79 Å². The molecule has 0 aliphatic carbocycles. The first-order valence-electron chi connectivity index (χ1n) is 3.60. The smallest absolute Gasteiger partial charge is 0.280 e. The number of aliphatic hydroxyl groups is 4. The monoisotopic (exact) mass is 193 g/mol. The summed E-state index contributed by atoms with van der Waals surface area (Å²) in [5.41, 5.74) is 4.73. The third kappa shape index (κ3) is 1.52. The van der Waals surface area contributed by atoms with E-state index in [0.29, 0.717) is 0 Å². The number of primary amides is 1. The molecule has 0 radical (unpaired) electrons. The second-order valence-electron chi connectivity index (χ2n) is 2.87. The Morgan fingerprint density at radius 3 is 2.46 bits per heavy atom. The summed E-state index contributed by atoms with van der Waals surface area (Å²) in [5, 5.41) is 36.5. The molecule has 13 heavy (non-hydrogen) atoms. The molecule has 1 aliphatic rings. The fourth-order valence-corrected chi connectivity index (χ4v) is 1.06. The van der Waals surface area contributed by atoms with E-state index in [-0.39, 0.29) is 0 Å². The van der Waals surface area contributed by atoms with Crippen molar-refractivity contribution >= 4 is 5.91 Å². The third-order valence-corrected chi connectivity index (χ3v) is 1.95. The lowest BCUT2D eigenvalue weighted by Gasteiger charge is -2.39. The number of carbonyl (C=O) groups is 1. The molecule has 1 unspecified atom stereocenters. The molecule has 1 aliphatic heterocycles. The Bertz CT molecular complexity index is 221. The lowest BCUT2D eigenvalue weighted by atomic mass is 9.96. The SMILES string of the molecule is NC(=O)[C@]1(O)OC[C@@H](O)[C@H](O)C1O. The zero-order valence-electron chi connectivity index (χ0n) is 6.62. The second-order valence-corrected chi connectivity index (χ2v) is 2.87. The summed E-state index contributed by atoms with van der Waals surface area (Å²) < 4.78 is 4.44. The van der Waals surface area contributed by atoms with Crippen LogP contribution in [0.4, 0.5) is 0 Å². The van der Waals surface area contributed by atoms with E-state index < -0.39 is 36.6 Å². The van der Waals surface area contributed by atoms with Crippen LogP contribution in [0.15, 0.2) is 0 Å². The van der Waals surface area contributed by atoms with Crippen molar-refractivity contribution in [2.45, 2.75) is 24.1 Å². The highest BCUT2D eigenvalue weighted by Crippen LogP contribution is 2.23. The second kappa shape index (κ2) is 3.20. The van der Waals surface area contributed by atoms with Gasteiger partial charge < -0.3 is 30.9 Å². The highest BCUT2D eigenvalue weighted by atomic mass is 16.7. The van der Waals surface area contributed by atoms with Crippen LogP contribution in [0.5, 0.6) is 0 Å². The van der Waals surface area contributed by atoms with Crippen LogP contribution in [-0.4, -0.2) is 57.0 Å². The van der Waals surface area contributed by atoms with Gasteiger partial charge in [0.25, 0.3) is 11.7 Å². The van der Waals surface area contributed by atoms with Crippen molar-refractivity contribution in [3.05, 3.63) is 0 Å². The van der Waals surface area contributed by atoms with Crippen molar-refractivity contribution < 1.29 is 30.0 Å². The largest absolute Gasteiger partial charge is 0.388 e. The van der Waals surface area contributed by atoms with Gasteiger partial charge in [-0.15, -0.1) is 0 Å². The van der Waals surface area contributed by atoms with Crippen LogP contribution in [-0.2, 0) is 9.53 Å². The summed E-state index contributed by atoms with van der Waals surface area (Å²) in [5.74, 6) is -3.94. The summed E-state index contributed by atoms with van der Waals surface area (Å²) in [6, 6.07) is 0. The van der Waals surface area contributed by atoms with E-state index in [1.165, 1.54) is 0 Å². The van der Waals surface area contributed by atoms with Gasteiger partial charge >= 0.3 is 0 Å². The summed E-state index contributed by atoms with van der Waals surface area (Å²) in [4.78, 5) is 10.6. The fraction of sp³-hybridized carbons (Fsp3) is 0.833. The molecule has 0 aromatic rings. The van der Waals surface area contributed by atoms with Crippen LogP contribution < -0.4 is 5.73 Å². The van der Waals surface area contributed by atoms with Gasteiger partial charge in [0, 0.05) is 0 Å². The van der Waals surface area contributed by atoms with E-state index in [0.717, 1.165) is 0 Å². The Kier molecular flexibility index (Phi) is 2.55. The highest BCUT2D eigenvalue weighted by Gasteiger charge is 2.52. The van der Waals surface area contributed by atoms with Gasteiger partial charge in [0.15, 0.2) is 0 Å². The Morgan fingerprint density at radius 2 is 2.00 bits per heavy atom. The third-order valence-electron chi connectivity index (χ3n) is 1.95. The van der Waals surface area contributed by atoms with E-state index in [1.54, 1.807) is 0 Å². The molecule has 6 N–H and O–H groups in total. The fourth-order valence-electron chi connectivity index (χ4n) is 1.06. The number of amides is 1. The first-order valence-corrected chi connectivity index (χ1v) is 3.60. The average Bonchev–Trinajstić information content (AvgIpc) is 2.08. The van der Waals surface area contributed by atoms with Crippen LogP contribution >= 0.6 is 0 Å². The zero-order chi connectivity index (χ0) is 10.2. The number of aliphatic hydroxyl groups excluding tert-OH is 3. The molecule has 0 aromatic carbocycles. The molecule has 1 amide bonds. The lowest BCUT2D eigenvalue weighted by molar-refractivity contribution is -0.302. The predicted molar refractivity (Wildman–Crippen MR) is 38.1 cm³/mol. The van der Waals surface area contributed by atoms with E-state index in [4.69, 9.17) is 21.1 Å². The Hall–Kier alpha value is -0.730. The minimum Gasteiger partial charge on any atom is -0.388 e. The number of carbonyl (C=O) groups excluding carboxylic acids is 1. The summed E-state index contributed by atoms with van der Waals surface area (Å²) in [7, 11) is 0. The summed E-state index contributed by atoms with van der Waals surface area (Å²) in [6.07, 6.45) is -4.96. The van der Waals surface area contributed by atoms with Gasteiger partial charge in [-0.2, -0.15) is 0 Å². The van der Waals surface area contributed by atoms with Crippen molar-refractivity contribution in [1.82, 2.24) is 0 Å². The molecule has 0 bridgehead atoms. The molecule has 1 heterocycles. The van der Waals surface area contributed by atoms with E-state index in [2.05, 4.69) is 4.74 Å². The standard InChI is InChI=1S/C6H11NO6/c7-5(11)6(12)4(10)3(9)2(8)1-13-6/h2-4,8-10,12H,1H2,(H2,7,11)/t2-,3+,4?,6-/m1/s1. The normalized spacial score (nSPS) is 46.0. The molecular weight excluding hydrogens is 182 g/mol. The first kappa shape index (κ1) is 10.4. The Labute approximate surface area is 73.4 Å².